The molecule has 0 spiro atoms. The van der Waals surface area contributed by atoms with E-state index in [0.29, 0.717) is 11.7 Å². The zero-order valence-electron chi connectivity index (χ0n) is 15.6. The van der Waals surface area contributed by atoms with Crippen molar-refractivity contribution in [3.8, 4) is 5.75 Å². The van der Waals surface area contributed by atoms with Crippen LogP contribution in [0.5, 0.6) is 5.75 Å². The molecule has 2 aromatic carbocycles. The van der Waals surface area contributed by atoms with E-state index < -0.39 is 12.4 Å². The summed E-state index contributed by atoms with van der Waals surface area (Å²) in [6, 6.07) is 17.6. The monoisotopic (exact) mass is 353 g/mol. The summed E-state index contributed by atoms with van der Waals surface area (Å²) in [7, 11) is 1.88. The standard InChI is InChI=1S/C22H27NO3/c1-17(23(2)20-11-7-4-8-12-20)25-22(24)26-21-15-13-19(14-16-21)18-9-5-3-6-10-18/h4,7-8,11-18H,3,5-6,9-10H2,1-2H3. The van der Waals surface area contributed by atoms with Crippen molar-refractivity contribution in [2.24, 2.45) is 0 Å². The summed E-state index contributed by atoms with van der Waals surface area (Å²) in [5.41, 5.74) is 2.31. The summed E-state index contributed by atoms with van der Waals surface area (Å²) in [6.07, 6.45) is 5.36. The van der Waals surface area contributed by atoms with Crippen LogP contribution >= 0.6 is 0 Å². The van der Waals surface area contributed by atoms with Crippen LogP contribution in [-0.2, 0) is 4.74 Å². The summed E-state index contributed by atoms with van der Waals surface area (Å²) in [5.74, 6) is 1.16. The van der Waals surface area contributed by atoms with Gasteiger partial charge in [-0.05, 0) is 55.5 Å². The van der Waals surface area contributed by atoms with Crippen LogP contribution in [0.15, 0.2) is 54.6 Å². The Hall–Kier alpha value is -2.49. The molecule has 0 aliphatic heterocycles. The van der Waals surface area contributed by atoms with E-state index in [1.54, 1.807) is 0 Å². The number of carbonyl (C=O) groups excluding carboxylic acids is 1. The second-order valence-electron chi connectivity index (χ2n) is 6.92. The van der Waals surface area contributed by atoms with Gasteiger partial charge in [-0.3, -0.25) is 0 Å². The molecule has 138 valence electrons. The van der Waals surface area contributed by atoms with Gasteiger partial charge in [0.1, 0.15) is 5.75 Å². The Balaban J connectivity index is 1.52. The molecular weight excluding hydrogens is 326 g/mol. The van der Waals surface area contributed by atoms with Crippen molar-refractivity contribution in [2.45, 2.75) is 51.2 Å². The minimum absolute atomic E-state index is 0.425. The first-order chi connectivity index (χ1) is 12.6. The van der Waals surface area contributed by atoms with Gasteiger partial charge in [-0.2, -0.15) is 0 Å². The molecule has 0 N–H and O–H groups in total. The van der Waals surface area contributed by atoms with Crippen LogP contribution in [-0.4, -0.2) is 19.4 Å². The SMILES string of the molecule is CC(OC(=O)Oc1ccc(C2CCCCC2)cc1)N(C)c1ccccc1. The summed E-state index contributed by atoms with van der Waals surface area (Å²) in [5, 5.41) is 0. The van der Waals surface area contributed by atoms with Gasteiger partial charge in [0.05, 0.1) is 0 Å². The lowest BCUT2D eigenvalue weighted by Crippen LogP contribution is -2.34. The number of ether oxygens (including phenoxy) is 2. The molecule has 0 aromatic heterocycles. The van der Waals surface area contributed by atoms with Crippen LogP contribution in [0.1, 0.15) is 50.5 Å². The highest BCUT2D eigenvalue weighted by Gasteiger charge is 2.18. The fourth-order valence-corrected chi connectivity index (χ4v) is 3.46. The van der Waals surface area contributed by atoms with Crippen molar-refractivity contribution in [1.29, 1.82) is 0 Å². The fraction of sp³-hybridized carbons (Fsp3) is 0.409. The maximum absolute atomic E-state index is 12.1. The molecule has 1 aliphatic carbocycles. The van der Waals surface area contributed by atoms with Gasteiger partial charge in [0.25, 0.3) is 0 Å². The molecule has 0 radical (unpaired) electrons. The van der Waals surface area contributed by atoms with Crippen molar-refractivity contribution in [3.63, 3.8) is 0 Å². The number of rotatable bonds is 5. The quantitative estimate of drug-likeness (QED) is 0.391. The van der Waals surface area contributed by atoms with E-state index in [-0.39, 0.29) is 0 Å². The van der Waals surface area contributed by atoms with E-state index in [0.717, 1.165) is 5.69 Å². The third-order valence-corrected chi connectivity index (χ3v) is 5.13. The zero-order valence-corrected chi connectivity index (χ0v) is 15.6. The van der Waals surface area contributed by atoms with E-state index >= 15 is 0 Å². The lowest BCUT2D eigenvalue weighted by Gasteiger charge is -2.26. The van der Waals surface area contributed by atoms with Crippen LogP contribution in [0.3, 0.4) is 0 Å². The summed E-state index contributed by atoms with van der Waals surface area (Å²) >= 11 is 0. The summed E-state index contributed by atoms with van der Waals surface area (Å²) in [4.78, 5) is 14.0. The van der Waals surface area contributed by atoms with Gasteiger partial charge >= 0.3 is 6.16 Å². The van der Waals surface area contributed by atoms with E-state index in [9.17, 15) is 4.79 Å². The third-order valence-electron chi connectivity index (χ3n) is 5.13. The highest BCUT2D eigenvalue weighted by molar-refractivity contribution is 5.64. The van der Waals surface area contributed by atoms with Gasteiger partial charge < -0.3 is 14.4 Å². The number of benzene rings is 2. The molecule has 3 rings (SSSR count). The van der Waals surface area contributed by atoms with Crippen molar-refractivity contribution in [1.82, 2.24) is 0 Å². The van der Waals surface area contributed by atoms with Crippen molar-refractivity contribution in [2.75, 3.05) is 11.9 Å². The summed E-state index contributed by atoms with van der Waals surface area (Å²) in [6.45, 7) is 1.82. The maximum atomic E-state index is 12.1. The number of hydrogen-bond donors (Lipinski definition) is 0. The number of para-hydroxylation sites is 1. The Bertz CT molecular complexity index is 693. The van der Waals surface area contributed by atoms with Crippen molar-refractivity contribution in [3.05, 3.63) is 60.2 Å². The first-order valence-electron chi connectivity index (χ1n) is 9.40. The first kappa shape index (κ1) is 18.3. The molecule has 0 saturated heterocycles. The lowest BCUT2D eigenvalue weighted by atomic mass is 9.84. The van der Waals surface area contributed by atoms with Gasteiger partial charge in [-0.25, -0.2) is 4.79 Å². The van der Waals surface area contributed by atoms with E-state index in [1.807, 2.05) is 61.3 Å². The molecule has 1 fully saturated rings. The van der Waals surface area contributed by atoms with Crippen LogP contribution in [0.4, 0.5) is 10.5 Å². The van der Waals surface area contributed by atoms with Gasteiger partial charge in [0.15, 0.2) is 6.23 Å². The van der Waals surface area contributed by atoms with E-state index in [4.69, 9.17) is 9.47 Å². The number of nitrogens with zero attached hydrogens (tertiary/aromatic N) is 1. The van der Waals surface area contributed by atoms with E-state index in [2.05, 4.69) is 12.1 Å². The second-order valence-corrected chi connectivity index (χ2v) is 6.92. The Morgan fingerprint density at radius 1 is 1.00 bits per heavy atom. The number of anilines is 1. The Kier molecular flexibility index (Phi) is 6.16. The average molecular weight is 353 g/mol. The molecule has 0 heterocycles. The Morgan fingerprint density at radius 3 is 2.31 bits per heavy atom. The van der Waals surface area contributed by atoms with Gasteiger partial charge in [0, 0.05) is 12.7 Å². The Labute approximate surface area is 155 Å². The van der Waals surface area contributed by atoms with Gasteiger partial charge in [-0.15, -0.1) is 0 Å². The normalized spacial score (nSPS) is 15.9. The molecule has 1 aliphatic rings. The van der Waals surface area contributed by atoms with Gasteiger partial charge in [0.2, 0.25) is 0 Å². The summed E-state index contributed by atoms with van der Waals surface area (Å²) < 4.78 is 10.7. The van der Waals surface area contributed by atoms with E-state index in [1.165, 1.54) is 37.7 Å². The molecule has 4 nitrogen and oxygen atoms in total. The topological polar surface area (TPSA) is 38.8 Å². The molecule has 0 amide bonds. The van der Waals surface area contributed by atoms with Crippen LogP contribution in [0, 0.1) is 0 Å². The molecule has 1 atom stereocenters. The third kappa shape index (κ3) is 4.78. The molecule has 0 bridgehead atoms. The molecule has 26 heavy (non-hydrogen) atoms. The predicted molar refractivity (Wildman–Crippen MR) is 104 cm³/mol. The van der Waals surface area contributed by atoms with Crippen molar-refractivity contribution >= 4 is 11.8 Å². The second kappa shape index (κ2) is 8.75. The largest absolute Gasteiger partial charge is 0.515 e. The number of hydrogen-bond acceptors (Lipinski definition) is 4. The van der Waals surface area contributed by atoms with Crippen molar-refractivity contribution < 1.29 is 14.3 Å². The molecular formula is C22H27NO3. The highest BCUT2D eigenvalue weighted by atomic mass is 16.7. The molecule has 2 aromatic rings. The average Bonchev–Trinajstić information content (AvgIpc) is 2.69. The zero-order chi connectivity index (χ0) is 18.4. The maximum Gasteiger partial charge on any atom is 0.515 e. The van der Waals surface area contributed by atoms with Crippen LogP contribution in [0.2, 0.25) is 0 Å². The molecule has 1 saturated carbocycles. The fourth-order valence-electron chi connectivity index (χ4n) is 3.46. The first-order valence-corrected chi connectivity index (χ1v) is 9.40. The van der Waals surface area contributed by atoms with Gasteiger partial charge in [-0.1, -0.05) is 49.6 Å². The lowest BCUT2D eigenvalue weighted by molar-refractivity contribution is 0.0661. The Morgan fingerprint density at radius 2 is 1.65 bits per heavy atom. The minimum atomic E-state index is -0.689. The smallest absolute Gasteiger partial charge is 0.410 e. The van der Waals surface area contributed by atoms with Crippen LogP contribution < -0.4 is 9.64 Å². The van der Waals surface area contributed by atoms with Crippen LogP contribution in [0.25, 0.3) is 0 Å². The minimum Gasteiger partial charge on any atom is -0.410 e. The predicted octanol–water partition coefficient (Wildman–Crippen LogP) is 5.73. The molecule has 1 unspecified atom stereocenters. The number of carbonyl (C=O) groups is 1. The molecule has 4 heteroatoms. The highest BCUT2D eigenvalue weighted by Crippen LogP contribution is 2.33.